The van der Waals surface area contributed by atoms with Crippen molar-refractivity contribution in [1.82, 2.24) is 0 Å². The van der Waals surface area contributed by atoms with Crippen molar-refractivity contribution >= 4 is 19.8 Å². The molecule has 0 fully saturated rings. The summed E-state index contributed by atoms with van der Waals surface area (Å²) in [5, 5.41) is 0. The van der Waals surface area contributed by atoms with Gasteiger partial charge in [-0.1, -0.05) is 331 Å². The van der Waals surface area contributed by atoms with E-state index in [0.29, 0.717) is 6.42 Å². The maximum Gasteiger partial charge on any atom is 0.472 e. The topological polar surface area (TPSA) is 134 Å². The van der Waals surface area contributed by atoms with Crippen LogP contribution in [0.25, 0.3) is 0 Å². The molecule has 0 aromatic heterocycles. The van der Waals surface area contributed by atoms with Gasteiger partial charge in [0.2, 0.25) is 0 Å². The normalized spacial score (nSPS) is 13.4. The molecule has 0 heterocycles. The number of rotatable bonds is 65. The number of phosphoric ester groups is 1. The number of esters is 2. The molecule has 0 spiro atoms. The Morgan fingerprint density at radius 3 is 1.01 bits per heavy atom. The Morgan fingerprint density at radius 1 is 0.383 bits per heavy atom. The van der Waals surface area contributed by atoms with Gasteiger partial charge in [0.15, 0.2) is 6.10 Å². The number of phosphoric acid groups is 1. The standard InChI is InChI=1S/C71H130NO8P/c1-3-5-7-9-11-13-15-17-19-21-23-25-27-29-31-32-33-34-35-36-38-40-42-44-46-48-50-52-54-56-58-60-62-64-71(74)80-69(68-79-81(75,76)78-66-65-72)67-77-70(73)63-61-59-57-55-53-51-49-47-45-43-41-39-37-30-28-26-24-22-20-18-16-14-12-10-8-6-4-2/h5,7,11,13,17,19,23,25,29,31,33-34,69H,3-4,6,8-10,12,14-16,18,20-22,24,26-28,30,32,35-68,72H2,1-2H3,(H,75,76)/b7-5-,13-11-,19-17-,25-23-,31-29-,34-33-. The molecule has 2 atom stereocenters. The lowest BCUT2D eigenvalue weighted by Gasteiger charge is -2.19. The molecule has 0 aliphatic heterocycles. The van der Waals surface area contributed by atoms with Crippen molar-refractivity contribution in [1.29, 1.82) is 0 Å². The third-order valence-corrected chi connectivity index (χ3v) is 16.1. The van der Waals surface area contributed by atoms with Crippen LogP contribution in [0.3, 0.4) is 0 Å². The molecule has 2 unspecified atom stereocenters. The van der Waals surface area contributed by atoms with Gasteiger partial charge in [-0.15, -0.1) is 0 Å². The van der Waals surface area contributed by atoms with Crippen LogP contribution in [0.4, 0.5) is 0 Å². The van der Waals surface area contributed by atoms with Crippen molar-refractivity contribution in [2.75, 3.05) is 26.4 Å². The Balaban J connectivity index is 3.87. The maximum atomic E-state index is 12.8. The van der Waals surface area contributed by atoms with Crippen LogP contribution in [0.1, 0.15) is 335 Å². The molecule has 9 nitrogen and oxygen atoms in total. The lowest BCUT2D eigenvalue weighted by atomic mass is 10.0. The second kappa shape index (κ2) is 66.6. The monoisotopic (exact) mass is 1160 g/mol. The average Bonchev–Trinajstić information content (AvgIpc) is 3.46. The summed E-state index contributed by atoms with van der Waals surface area (Å²) < 4.78 is 33.2. The van der Waals surface area contributed by atoms with Crippen molar-refractivity contribution in [3.63, 3.8) is 0 Å². The molecule has 0 saturated heterocycles. The number of hydrogen-bond acceptors (Lipinski definition) is 8. The highest BCUT2D eigenvalue weighted by Gasteiger charge is 2.26. The van der Waals surface area contributed by atoms with Crippen LogP contribution in [-0.2, 0) is 32.7 Å². The highest BCUT2D eigenvalue weighted by Crippen LogP contribution is 2.43. The minimum absolute atomic E-state index is 0.0533. The van der Waals surface area contributed by atoms with Crippen molar-refractivity contribution in [3.05, 3.63) is 72.9 Å². The first-order valence-electron chi connectivity index (χ1n) is 34.4. The zero-order valence-electron chi connectivity index (χ0n) is 53.0. The van der Waals surface area contributed by atoms with E-state index < -0.39 is 26.5 Å². The largest absolute Gasteiger partial charge is 0.472 e. The highest BCUT2D eigenvalue weighted by atomic mass is 31.2. The predicted molar refractivity (Wildman–Crippen MR) is 349 cm³/mol. The molecule has 0 aliphatic carbocycles. The van der Waals surface area contributed by atoms with E-state index in [-0.39, 0.29) is 38.6 Å². The van der Waals surface area contributed by atoms with Gasteiger partial charge in [0, 0.05) is 19.4 Å². The van der Waals surface area contributed by atoms with E-state index >= 15 is 0 Å². The molecule has 0 rings (SSSR count). The fraction of sp³-hybridized carbons (Fsp3) is 0.803. The van der Waals surface area contributed by atoms with E-state index in [1.807, 2.05) is 0 Å². The highest BCUT2D eigenvalue weighted by molar-refractivity contribution is 7.47. The van der Waals surface area contributed by atoms with Gasteiger partial charge in [-0.05, 0) is 64.2 Å². The van der Waals surface area contributed by atoms with Crippen molar-refractivity contribution in [2.24, 2.45) is 5.73 Å². The number of carbonyl (C=O) groups excluding carboxylic acids is 2. The number of hydrogen-bond donors (Lipinski definition) is 2. The molecular formula is C71H130NO8P. The summed E-state index contributed by atoms with van der Waals surface area (Å²) in [6.07, 6.45) is 87.1. The van der Waals surface area contributed by atoms with E-state index in [2.05, 4.69) is 86.8 Å². The summed E-state index contributed by atoms with van der Waals surface area (Å²) in [6.45, 7) is 3.69. The van der Waals surface area contributed by atoms with E-state index in [1.165, 1.54) is 225 Å². The number of nitrogens with two attached hydrogens (primary N) is 1. The van der Waals surface area contributed by atoms with Gasteiger partial charge < -0.3 is 20.1 Å². The molecule has 81 heavy (non-hydrogen) atoms. The molecular weight excluding hydrogens is 1030 g/mol. The zero-order chi connectivity index (χ0) is 58.7. The van der Waals surface area contributed by atoms with Crippen LogP contribution in [0, 0.1) is 0 Å². The van der Waals surface area contributed by atoms with Gasteiger partial charge in [0.1, 0.15) is 6.61 Å². The van der Waals surface area contributed by atoms with E-state index in [9.17, 15) is 19.0 Å². The molecule has 0 radical (unpaired) electrons. The SMILES string of the molecule is CC/C=C\C/C=C\C/C=C\C/C=C\C/C=C\C/C=C\CCCCCCCCCCCCCCCCC(=O)OC(COC(=O)CCCCCCCCCCCCCCCCCCCCCCCCCCCCC)COP(=O)(O)OCCN. The summed E-state index contributed by atoms with van der Waals surface area (Å²) in [5.74, 6) is -0.813. The van der Waals surface area contributed by atoms with Crippen LogP contribution in [0.5, 0.6) is 0 Å². The van der Waals surface area contributed by atoms with Crippen molar-refractivity contribution in [2.45, 2.75) is 341 Å². The molecule has 0 bridgehead atoms. The Hall–Kier alpha value is -2.55. The fourth-order valence-electron chi connectivity index (χ4n) is 10.1. The lowest BCUT2D eigenvalue weighted by Crippen LogP contribution is -2.29. The molecule has 0 aromatic rings. The van der Waals surface area contributed by atoms with Crippen LogP contribution in [0.2, 0.25) is 0 Å². The van der Waals surface area contributed by atoms with E-state index in [0.717, 1.165) is 77.0 Å². The molecule has 0 aliphatic rings. The number of unbranched alkanes of at least 4 members (excludes halogenated alkanes) is 40. The summed E-state index contributed by atoms with van der Waals surface area (Å²) in [4.78, 5) is 35.3. The third kappa shape index (κ3) is 66.5. The van der Waals surface area contributed by atoms with Gasteiger partial charge in [-0.2, -0.15) is 0 Å². The summed E-state index contributed by atoms with van der Waals surface area (Å²) in [5.41, 5.74) is 5.40. The predicted octanol–water partition coefficient (Wildman–Crippen LogP) is 22.4. The second-order valence-corrected chi connectivity index (χ2v) is 24.5. The van der Waals surface area contributed by atoms with Crippen molar-refractivity contribution in [3.8, 4) is 0 Å². The Bertz CT molecular complexity index is 1560. The summed E-state index contributed by atoms with van der Waals surface area (Å²) >= 11 is 0. The van der Waals surface area contributed by atoms with E-state index in [1.54, 1.807) is 0 Å². The molecule has 0 amide bonds. The molecule has 10 heteroatoms. The first kappa shape index (κ1) is 78.5. The fourth-order valence-corrected chi connectivity index (χ4v) is 10.8. The van der Waals surface area contributed by atoms with Gasteiger partial charge in [0.05, 0.1) is 13.2 Å². The number of carbonyl (C=O) groups is 2. The molecule has 0 saturated carbocycles. The van der Waals surface area contributed by atoms with Crippen LogP contribution in [-0.4, -0.2) is 49.3 Å². The minimum atomic E-state index is -4.39. The molecule has 472 valence electrons. The Kier molecular flexibility index (Phi) is 64.5. The average molecular weight is 1160 g/mol. The van der Waals surface area contributed by atoms with Crippen molar-refractivity contribution < 1.29 is 37.6 Å². The minimum Gasteiger partial charge on any atom is -0.462 e. The Labute approximate surface area is 501 Å². The number of ether oxygens (including phenoxy) is 2. The van der Waals surface area contributed by atoms with Gasteiger partial charge in [0.25, 0.3) is 0 Å². The molecule has 0 aromatic carbocycles. The van der Waals surface area contributed by atoms with Gasteiger partial charge in [-0.3, -0.25) is 18.6 Å². The van der Waals surface area contributed by atoms with Gasteiger partial charge in [-0.25, -0.2) is 4.57 Å². The summed E-state index contributed by atoms with van der Waals surface area (Å²) in [7, 11) is -4.39. The van der Waals surface area contributed by atoms with Crippen LogP contribution in [0.15, 0.2) is 72.9 Å². The molecule has 3 N–H and O–H groups in total. The summed E-state index contributed by atoms with van der Waals surface area (Å²) in [6, 6.07) is 0. The lowest BCUT2D eigenvalue weighted by molar-refractivity contribution is -0.161. The third-order valence-electron chi connectivity index (χ3n) is 15.1. The maximum absolute atomic E-state index is 12.8. The van der Waals surface area contributed by atoms with Crippen LogP contribution >= 0.6 is 7.82 Å². The quantitative estimate of drug-likeness (QED) is 0.0264. The van der Waals surface area contributed by atoms with Gasteiger partial charge >= 0.3 is 19.8 Å². The first-order chi connectivity index (χ1) is 39.8. The second-order valence-electron chi connectivity index (χ2n) is 23.0. The van der Waals surface area contributed by atoms with E-state index in [4.69, 9.17) is 24.3 Å². The zero-order valence-corrected chi connectivity index (χ0v) is 53.9. The van der Waals surface area contributed by atoms with Crippen LogP contribution < -0.4 is 5.73 Å². The number of allylic oxidation sites excluding steroid dienone is 12. The Morgan fingerprint density at radius 2 is 0.679 bits per heavy atom. The first-order valence-corrected chi connectivity index (χ1v) is 35.9. The smallest absolute Gasteiger partial charge is 0.462 e.